The molecule has 0 radical (unpaired) electrons. The number of carboxylic acids is 1. The Bertz CT molecular complexity index is 528. The van der Waals surface area contributed by atoms with Crippen molar-refractivity contribution in [1.29, 1.82) is 0 Å². The zero-order valence-electron chi connectivity index (χ0n) is 12.7. The van der Waals surface area contributed by atoms with Gasteiger partial charge in [0.25, 0.3) is 0 Å². The molecule has 2 N–H and O–H groups in total. The molecule has 22 heavy (non-hydrogen) atoms. The third-order valence-electron chi connectivity index (χ3n) is 3.97. The van der Waals surface area contributed by atoms with Crippen molar-refractivity contribution in [2.45, 2.75) is 24.2 Å². The molecule has 0 aromatic heterocycles. The molecule has 0 saturated carbocycles. The zero-order chi connectivity index (χ0) is 15.9. The number of hydrogen-bond donors (Lipinski definition) is 2. The van der Waals surface area contributed by atoms with E-state index in [9.17, 15) is 9.59 Å². The van der Waals surface area contributed by atoms with Crippen LogP contribution in [0.2, 0.25) is 0 Å². The molecule has 1 saturated heterocycles. The van der Waals surface area contributed by atoms with Crippen molar-refractivity contribution < 1.29 is 14.7 Å². The third kappa shape index (κ3) is 4.74. The minimum absolute atomic E-state index is 0.00172. The number of nitrogens with one attached hydrogen (secondary N) is 1. The highest BCUT2D eigenvalue weighted by molar-refractivity contribution is 7.98. The first-order chi connectivity index (χ1) is 10.6. The van der Waals surface area contributed by atoms with Gasteiger partial charge in [-0.2, -0.15) is 0 Å². The summed E-state index contributed by atoms with van der Waals surface area (Å²) in [5.74, 6) is -0.925. The molecule has 1 aromatic carbocycles. The second-order valence-corrected chi connectivity index (χ2v) is 6.30. The maximum absolute atomic E-state index is 12.1. The fraction of sp³-hybridized carbons (Fsp3) is 0.500. The molecular formula is C16H22N2O3S. The SMILES string of the molecule is CSc1ccccc1NC(=O)CCN1CCC(C(=O)O)CC1. The molecule has 120 valence electrons. The number of thioether (sulfide) groups is 1. The van der Waals surface area contributed by atoms with Crippen LogP contribution in [0.15, 0.2) is 29.2 Å². The van der Waals surface area contributed by atoms with E-state index in [1.54, 1.807) is 11.8 Å². The number of aliphatic carboxylic acids is 1. The molecular weight excluding hydrogens is 300 g/mol. The summed E-state index contributed by atoms with van der Waals surface area (Å²) in [6, 6.07) is 7.75. The molecule has 1 aliphatic heterocycles. The highest BCUT2D eigenvalue weighted by Gasteiger charge is 2.24. The van der Waals surface area contributed by atoms with Gasteiger partial charge < -0.3 is 15.3 Å². The van der Waals surface area contributed by atoms with Gasteiger partial charge in [-0.15, -0.1) is 11.8 Å². The van der Waals surface area contributed by atoms with Gasteiger partial charge in [-0.05, 0) is 44.3 Å². The van der Waals surface area contributed by atoms with Crippen LogP contribution in [-0.4, -0.2) is 47.8 Å². The first kappa shape index (κ1) is 16.8. The number of hydrogen-bond acceptors (Lipinski definition) is 4. The number of likely N-dealkylation sites (tertiary alicyclic amines) is 1. The van der Waals surface area contributed by atoms with E-state index in [1.165, 1.54) is 0 Å². The van der Waals surface area contributed by atoms with Crippen molar-refractivity contribution in [2.24, 2.45) is 5.92 Å². The number of carboxylic acid groups (broad SMARTS) is 1. The van der Waals surface area contributed by atoms with Crippen molar-refractivity contribution in [3.05, 3.63) is 24.3 Å². The standard InChI is InChI=1S/C16H22N2O3S/c1-22-14-5-3-2-4-13(14)17-15(19)8-11-18-9-6-12(7-10-18)16(20)21/h2-5,12H,6-11H2,1H3,(H,17,19)(H,20,21). The third-order valence-corrected chi connectivity index (χ3v) is 4.77. The summed E-state index contributed by atoms with van der Waals surface area (Å²) < 4.78 is 0. The predicted octanol–water partition coefficient (Wildman–Crippen LogP) is 2.53. The molecule has 0 unspecified atom stereocenters. The molecule has 0 spiro atoms. The fourth-order valence-corrected chi connectivity index (χ4v) is 3.18. The van der Waals surface area contributed by atoms with Gasteiger partial charge in [-0.1, -0.05) is 12.1 Å². The Morgan fingerprint density at radius 1 is 1.32 bits per heavy atom. The summed E-state index contributed by atoms with van der Waals surface area (Å²) in [6.45, 7) is 2.19. The van der Waals surface area contributed by atoms with Gasteiger partial charge in [0.05, 0.1) is 11.6 Å². The summed E-state index contributed by atoms with van der Waals surface area (Å²) in [5.41, 5.74) is 0.851. The topological polar surface area (TPSA) is 69.6 Å². The molecule has 1 fully saturated rings. The lowest BCUT2D eigenvalue weighted by Crippen LogP contribution is -2.37. The van der Waals surface area contributed by atoms with Crippen LogP contribution in [0.25, 0.3) is 0 Å². The molecule has 1 heterocycles. The largest absolute Gasteiger partial charge is 0.481 e. The first-order valence-corrected chi connectivity index (χ1v) is 8.70. The molecule has 0 atom stereocenters. The Kier molecular flexibility index (Phi) is 6.27. The maximum Gasteiger partial charge on any atom is 0.306 e. The number of piperidine rings is 1. The van der Waals surface area contributed by atoms with Gasteiger partial charge in [-0.25, -0.2) is 0 Å². The monoisotopic (exact) mass is 322 g/mol. The number of carbonyl (C=O) groups excluding carboxylic acids is 1. The number of anilines is 1. The van der Waals surface area contributed by atoms with E-state index in [0.29, 0.717) is 25.8 Å². The highest BCUT2D eigenvalue weighted by Crippen LogP contribution is 2.24. The quantitative estimate of drug-likeness (QED) is 0.788. The second-order valence-electron chi connectivity index (χ2n) is 5.45. The molecule has 0 aliphatic carbocycles. The molecule has 5 nitrogen and oxygen atoms in total. The van der Waals surface area contributed by atoms with Gasteiger partial charge in [0, 0.05) is 17.9 Å². The van der Waals surface area contributed by atoms with E-state index in [4.69, 9.17) is 5.11 Å². The Balaban J connectivity index is 1.75. The minimum Gasteiger partial charge on any atom is -0.481 e. The molecule has 0 bridgehead atoms. The Morgan fingerprint density at radius 3 is 2.64 bits per heavy atom. The average molecular weight is 322 g/mol. The maximum atomic E-state index is 12.1. The number of nitrogens with zero attached hydrogens (tertiary/aromatic N) is 1. The number of amides is 1. The Hall–Kier alpha value is -1.53. The van der Waals surface area contributed by atoms with Crippen molar-refractivity contribution in [3.63, 3.8) is 0 Å². The van der Waals surface area contributed by atoms with Gasteiger partial charge in [0.2, 0.25) is 5.91 Å². The van der Waals surface area contributed by atoms with Crippen LogP contribution < -0.4 is 5.32 Å². The first-order valence-electron chi connectivity index (χ1n) is 7.48. The molecule has 6 heteroatoms. The fourth-order valence-electron chi connectivity index (χ4n) is 2.62. The van der Waals surface area contributed by atoms with E-state index in [-0.39, 0.29) is 11.8 Å². The Morgan fingerprint density at radius 2 is 2.00 bits per heavy atom. The number of carbonyl (C=O) groups is 2. The van der Waals surface area contributed by atoms with E-state index < -0.39 is 5.97 Å². The number of para-hydroxylation sites is 1. The second kappa shape index (κ2) is 8.19. The van der Waals surface area contributed by atoms with Crippen LogP contribution in [0.1, 0.15) is 19.3 Å². The van der Waals surface area contributed by atoms with E-state index in [1.807, 2.05) is 30.5 Å². The Labute approximate surface area is 135 Å². The summed E-state index contributed by atoms with van der Waals surface area (Å²) in [6.07, 6.45) is 3.76. The summed E-state index contributed by atoms with van der Waals surface area (Å²) in [5, 5.41) is 11.9. The zero-order valence-corrected chi connectivity index (χ0v) is 13.6. The highest BCUT2D eigenvalue weighted by atomic mass is 32.2. The lowest BCUT2D eigenvalue weighted by molar-refractivity contribution is -0.143. The predicted molar refractivity (Wildman–Crippen MR) is 88.3 cm³/mol. The van der Waals surface area contributed by atoms with Gasteiger partial charge in [-0.3, -0.25) is 9.59 Å². The van der Waals surface area contributed by atoms with Gasteiger partial charge >= 0.3 is 5.97 Å². The van der Waals surface area contributed by atoms with Crippen LogP contribution in [-0.2, 0) is 9.59 Å². The van der Waals surface area contributed by atoms with Crippen molar-refractivity contribution in [1.82, 2.24) is 4.90 Å². The van der Waals surface area contributed by atoms with E-state index >= 15 is 0 Å². The van der Waals surface area contributed by atoms with E-state index in [0.717, 1.165) is 23.7 Å². The average Bonchev–Trinajstić information content (AvgIpc) is 2.54. The lowest BCUT2D eigenvalue weighted by atomic mass is 9.97. The van der Waals surface area contributed by atoms with Crippen LogP contribution in [0.4, 0.5) is 5.69 Å². The molecule has 2 rings (SSSR count). The minimum atomic E-state index is -0.703. The van der Waals surface area contributed by atoms with Crippen LogP contribution in [0.5, 0.6) is 0 Å². The van der Waals surface area contributed by atoms with Crippen molar-refractivity contribution in [3.8, 4) is 0 Å². The van der Waals surface area contributed by atoms with E-state index in [2.05, 4.69) is 10.2 Å². The smallest absolute Gasteiger partial charge is 0.306 e. The summed E-state index contributed by atoms with van der Waals surface area (Å²) in [7, 11) is 0. The lowest BCUT2D eigenvalue weighted by Gasteiger charge is -2.29. The number of benzene rings is 1. The molecule has 1 amide bonds. The van der Waals surface area contributed by atoms with Crippen LogP contribution >= 0.6 is 11.8 Å². The van der Waals surface area contributed by atoms with Gasteiger partial charge in [0.1, 0.15) is 0 Å². The number of rotatable bonds is 6. The van der Waals surface area contributed by atoms with Crippen LogP contribution in [0, 0.1) is 5.92 Å². The normalized spacial score (nSPS) is 16.4. The summed E-state index contributed by atoms with van der Waals surface area (Å²) >= 11 is 1.61. The van der Waals surface area contributed by atoms with Crippen molar-refractivity contribution >= 4 is 29.3 Å². The molecule has 1 aromatic rings. The summed E-state index contributed by atoms with van der Waals surface area (Å²) in [4.78, 5) is 26.2. The molecule has 1 aliphatic rings. The van der Waals surface area contributed by atoms with Crippen molar-refractivity contribution in [2.75, 3.05) is 31.2 Å². The van der Waals surface area contributed by atoms with Gasteiger partial charge in [0.15, 0.2) is 0 Å². The van der Waals surface area contributed by atoms with Crippen LogP contribution in [0.3, 0.4) is 0 Å².